The van der Waals surface area contributed by atoms with Crippen LogP contribution in [-0.2, 0) is 17.8 Å². The lowest BCUT2D eigenvalue weighted by Gasteiger charge is -2.47. The Morgan fingerprint density at radius 1 is 1.16 bits per heavy atom. The summed E-state index contributed by atoms with van der Waals surface area (Å²) in [6.07, 6.45) is 5.15. The number of likely N-dealkylation sites (tertiary alicyclic amines) is 1. The molecule has 1 saturated carbocycles. The van der Waals surface area contributed by atoms with E-state index < -0.39 is 11.2 Å². The summed E-state index contributed by atoms with van der Waals surface area (Å²) in [5, 5.41) is 12.8. The minimum Gasteiger partial charge on any atom is -0.488 e. The van der Waals surface area contributed by atoms with Gasteiger partial charge in [-0.05, 0) is 69.4 Å². The quantitative estimate of drug-likeness (QED) is 0.355. The molecule has 1 aliphatic heterocycles. The predicted octanol–water partition coefficient (Wildman–Crippen LogP) is 6.38. The number of carbonyl (C=O) groups excluding carboxylic acids is 1. The third-order valence-corrected chi connectivity index (χ3v) is 9.01. The Morgan fingerprint density at radius 2 is 1.97 bits per heavy atom. The minimum atomic E-state index is -0.619. The van der Waals surface area contributed by atoms with Crippen LogP contribution in [0.5, 0.6) is 5.75 Å². The van der Waals surface area contributed by atoms with Gasteiger partial charge >= 0.3 is 5.63 Å². The van der Waals surface area contributed by atoms with Gasteiger partial charge in [0.05, 0.1) is 5.60 Å². The van der Waals surface area contributed by atoms with Crippen LogP contribution < -0.4 is 10.4 Å². The zero-order valence-corrected chi connectivity index (χ0v) is 23.3. The van der Waals surface area contributed by atoms with Crippen LogP contribution in [0, 0.1) is 19.8 Å². The number of halogens is 2. The number of piperidine rings is 1. The summed E-state index contributed by atoms with van der Waals surface area (Å²) in [6, 6.07) is 9.00. The molecule has 8 heteroatoms. The Kier molecular flexibility index (Phi) is 7.77. The van der Waals surface area contributed by atoms with E-state index in [2.05, 4.69) is 0 Å². The Morgan fingerprint density at radius 3 is 2.76 bits per heavy atom. The van der Waals surface area contributed by atoms with Crippen molar-refractivity contribution in [3.8, 4) is 5.75 Å². The fraction of sp³-hybridized carbons (Fsp3) is 0.467. The molecule has 3 aromatic rings. The average Bonchev–Trinajstić information content (AvgIpc) is 2.88. The summed E-state index contributed by atoms with van der Waals surface area (Å²) in [5.41, 5.74) is 2.31. The summed E-state index contributed by atoms with van der Waals surface area (Å²) in [6.45, 7) is 5.18. The molecule has 1 aliphatic carbocycles. The first-order chi connectivity index (χ1) is 18.2. The number of aryl methyl sites for hydroxylation is 2. The van der Waals surface area contributed by atoms with Crippen molar-refractivity contribution in [3.05, 3.63) is 73.1 Å². The molecule has 38 heavy (non-hydrogen) atoms. The van der Waals surface area contributed by atoms with Crippen molar-refractivity contribution in [3.63, 3.8) is 0 Å². The Bertz CT molecular complexity index is 1430. The SMILES string of the molecule is Cc1c(CCC(=O)N2CC[C@]3(O)CCCC[C@H]3C2)c(=O)oc2c(C)c(OCc3ccc(Cl)cc3Cl)ccc12. The van der Waals surface area contributed by atoms with Crippen molar-refractivity contribution in [2.24, 2.45) is 5.92 Å². The van der Waals surface area contributed by atoms with Gasteiger partial charge in [-0.3, -0.25) is 4.79 Å². The van der Waals surface area contributed by atoms with Gasteiger partial charge in [0.2, 0.25) is 5.91 Å². The van der Waals surface area contributed by atoms with Gasteiger partial charge in [0, 0.05) is 57.6 Å². The van der Waals surface area contributed by atoms with Gasteiger partial charge in [0.1, 0.15) is 17.9 Å². The van der Waals surface area contributed by atoms with E-state index in [-0.39, 0.29) is 24.9 Å². The highest BCUT2D eigenvalue weighted by Gasteiger charge is 2.43. The molecule has 2 atom stereocenters. The third-order valence-electron chi connectivity index (χ3n) is 8.42. The summed E-state index contributed by atoms with van der Waals surface area (Å²) in [7, 11) is 0. The fourth-order valence-corrected chi connectivity index (χ4v) is 6.46. The van der Waals surface area contributed by atoms with Crippen LogP contribution in [0.2, 0.25) is 10.0 Å². The van der Waals surface area contributed by atoms with Gasteiger partial charge in [0.15, 0.2) is 0 Å². The van der Waals surface area contributed by atoms with E-state index in [0.717, 1.165) is 47.8 Å². The number of amides is 1. The average molecular weight is 559 g/mol. The van der Waals surface area contributed by atoms with E-state index >= 15 is 0 Å². The Balaban J connectivity index is 1.29. The highest BCUT2D eigenvalue weighted by atomic mass is 35.5. The van der Waals surface area contributed by atoms with E-state index in [0.29, 0.717) is 52.9 Å². The number of hydrogen-bond donors (Lipinski definition) is 1. The molecule has 2 aromatic carbocycles. The molecule has 1 amide bonds. The van der Waals surface area contributed by atoms with Crippen molar-refractivity contribution >= 4 is 40.1 Å². The van der Waals surface area contributed by atoms with Crippen LogP contribution in [-0.4, -0.2) is 34.6 Å². The molecule has 5 rings (SSSR count). The topological polar surface area (TPSA) is 80.0 Å². The molecule has 2 heterocycles. The molecule has 1 aromatic heterocycles. The van der Waals surface area contributed by atoms with Crippen molar-refractivity contribution in [2.75, 3.05) is 13.1 Å². The Labute approximate surface area is 232 Å². The molecule has 6 nitrogen and oxygen atoms in total. The number of benzene rings is 2. The maximum Gasteiger partial charge on any atom is 0.339 e. The van der Waals surface area contributed by atoms with Crippen LogP contribution in [0.25, 0.3) is 11.0 Å². The molecular weight excluding hydrogens is 525 g/mol. The molecule has 2 fully saturated rings. The van der Waals surface area contributed by atoms with E-state index in [4.69, 9.17) is 32.4 Å². The minimum absolute atomic E-state index is 0.0253. The molecule has 1 N–H and O–H groups in total. The number of carbonyl (C=O) groups is 1. The second-order valence-corrected chi connectivity index (χ2v) is 11.6. The maximum absolute atomic E-state index is 13.0. The molecule has 0 bridgehead atoms. The third kappa shape index (κ3) is 5.31. The molecule has 0 spiro atoms. The van der Waals surface area contributed by atoms with Gasteiger partial charge < -0.3 is 19.2 Å². The summed E-state index contributed by atoms with van der Waals surface area (Å²) in [5.74, 6) is 0.774. The first kappa shape index (κ1) is 27.0. The monoisotopic (exact) mass is 557 g/mol. The van der Waals surface area contributed by atoms with Gasteiger partial charge in [-0.25, -0.2) is 4.79 Å². The van der Waals surface area contributed by atoms with Crippen LogP contribution >= 0.6 is 23.2 Å². The summed E-state index contributed by atoms with van der Waals surface area (Å²) >= 11 is 12.2. The molecular formula is C30H33Cl2NO5. The van der Waals surface area contributed by atoms with Gasteiger partial charge in [-0.1, -0.05) is 42.1 Å². The fourth-order valence-electron chi connectivity index (χ4n) is 6.00. The number of nitrogens with zero attached hydrogens (tertiary/aromatic N) is 1. The largest absolute Gasteiger partial charge is 0.488 e. The Hall–Kier alpha value is -2.54. The number of aliphatic hydroxyl groups is 1. The standard InChI is InChI=1S/C30H33Cl2NO5/c1-18-23-8-10-26(37-17-20-6-7-22(31)15-25(20)32)19(2)28(23)38-29(35)24(18)9-11-27(34)33-14-13-30(36)12-4-3-5-21(30)16-33/h6-8,10,15,21,36H,3-5,9,11-14,16-17H2,1-2H3/t21-,30+/m0/s1. The molecule has 0 radical (unpaired) electrons. The molecule has 1 saturated heterocycles. The highest BCUT2D eigenvalue weighted by Crippen LogP contribution is 2.40. The second kappa shape index (κ2) is 10.9. The molecule has 202 valence electrons. The molecule has 0 unspecified atom stereocenters. The number of hydrogen-bond acceptors (Lipinski definition) is 5. The lowest BCUT2D eigenvalue weighted by molar-refractivity contribution is -0.143. The zero-order chi connectivity index (χ0) is 27.0. The number of fused-ring (bicyclic) bond motifs is 2. The smallest absolute Gasteiger partial charge is 0.339 e. The van der Waals surface area contributed by atoms with Crippen molar-refractivity contribution in [1.82, 2.24) is 4.90 Å². The van der Waals surface area contributed by atoms with E-state index in [1.54, 1.807) is 12.1 Å². The second-order valence-electron chi connectivity index (χ2n) is 10.7. The number of ether oxygens (including phenoxy) is 1. The van der Waals surface area contributed by atoms with Crippen LogP contribution in [0.3, 0.4) is 0 Å². The van der Waals surface area contributed by atoms with E-state index in [1.165, 1.54) is 0 Å². The predicted molar refractivity (Wildman–Crippen MR) is 149 cm³/mol. The normalized spacial score (nSPS) is 21.4. The lowest BCUT2D eigenvalue weighted by Crippen LogP contribution is -2.54. The number of rotatable bonds is 6. The summed E-state index contributed by atoms with van der Waals surface area (Å²) in [4.78, 5) is 27.9. The van der Waals surface area contributed by atoms with E-state index in [1.807, 2.05) is 36.9 Å². The van der Waals surface area contributed by atoms with Crippen LogP contribution in [0.1, 0.15) is 60.8 Å². The van der Waals surface area contributed by atoms with Gasteiger partial charge in [-0.2, -0.15) is 0 Å². The first-order valence-electron chi connectivity index (χ1n) is 13.3. The molecule has 2 aliphatic rings. The van der Waals surface area contributed by atoms with E-state index in [9.17, 15) is 14.7 Å². The highest BCUT2D eigenvalue weighted by molar-refractivity contribution is 6.35. The summed E-state index contributed by atoms with van der Waals surface area (Å²) < 4.78 is 11.8. The van der Waals surface area contributed by atoms with Gasteiger partial charge in [0.25, 0.3) is 0 Å². The maximum atomic E-state index is 13.0. The van der Waals surface area contributed by atoms with Crippen molar-refractivity contribution in [2.45, 2.75) is 71.0 Å². The zero-order valence-electron chi connectivity index (χ0n) is 21.8. The lowest BCUT2D eigenvalue weighted by atomic mass is 9.71. The van der Waals surface area contributed by atoms with Crippen LogP contribution in [0.15, 0.2) is 39.5 Å². The first-order valence-corrected chi connectivity index (χ1v) is 14.0. The van der Waals surface area contributed by atoms with Gasteiger partial charge in [-0.15, -0.1) is 0 Å². The van der Waals surface area contributed by atoms with Crippen molar-refractivity contribution in [1.29, 1.82) is 0 Å². The van der Waals surface area contributed by atoms with Crippen molar-refractivity contribution < 1.29 is 19.1 Å². The van der Waals surface area contributed by atoms with Crippen LogP contribution in [0.4, 0.5) is 0 Å².